The van der Waals surface area contributed by atoms with E-state index in [0.717, 1.165) is 26.4 Å². The van der Waals surface area contributed by atoms with E-state index in [1.54, 1.807) is 19.4 Å². The molecule has 2 N–H and O–H groups in total. The van der Waals surface area contributed by atoms with Crippen molar-refractivity contribution < 1.29 is 9.53 Å². The molecule has 0 saturated heterocycles. The minimum Gasteiger partial charge on any atom is -0.496 e. The topological polar surface area (TPSA) is 79.4 Å². The van der Waals surface area contributed by atoms with Crippen LogP contribution < -0.4 is 10.2 Å². The van der Waals surface area contributed by atoms with Gasteiger partial charge in [-0.15, -0.1) is 0 Å². The molecule has 0 spiro atoms. The van der Waals surface area contributed by atoms with E-state index in [0.29, 0.717) is 17.1 Å². The largest absolute Gasteiger partial charge is 0.496 e. The molecule has 0 aliphatic heterocycles. The lowest BCUT2D eigenvalue weighted by Gasteiger charge is -2.09. The Bertz CT molecular complexity index is 1220. The maximum absolute atomic E-state index is 12.4. The van der Waals surface area contributed by atoms with Crippen LogP contribution in [0.4, 0.5) is 0 Å². The molecule has 0 bridgehead atoms. The van der Waals surface area contributed by atoms with Crippen LogP contribution in [-0.2, 0) is 0 Å². The number of methoxy groups -OCH3 is 1. The number of carbonyl (C=O) groups is 1. The van der Waals surface area contributed by atoms with Crippen LogP contribution in [0, 0.1) is 0 Å². The molecule has 144 valence electrons. The van der Waals surface area contributed by atoms with E-state index in [9.17, 15) is 4.79 Å². The number of aromatic amines is 1. The summed E-state index contributed by atoms with van der Waals surface area (Å²) in [7, 11) is 1.62. The Kier molecular flexibility index (Phi) is 5.39. The van der Waals surface area contributed by atoms with Crippen LogP contribution in [0.1, 0.15) is 16.1 Å². The number of H-pyrrole nitrogens is 1. The SMILES string of the molecule is COc1ccc2ccccc2c1-c1cc(C(=O)N/N=C\c2cccc(Br)c2)[nH]n1. The molecule has 0 saturated carbocycles. The van der Waals surface area contributed by atoms with Crippen molar-refractivity contribution >= 4 is 38.8 Å². The van der Waals surface area contributed by atoms with Gasteiger partial charge in [-0.05, 0) is 40.6 Å². The molecule has 0 radical (unpaired) electrons. The van der Waals surface area contributed by atoms with Gasteiger partial charge in [-0.1, -0.05) is 58.4 Å². The fourth-order valence-electron chi connectivity index (χ4n) is 3.06. The number of hydrazone groups is 1. The average molecular weight is 449 g/mol. The highest BCUT2D eigenvalue weighted by atomic mass is 79.9. The van der Waals surface area contributed by atoms with Crippen molar-refractivity contribution in [2.45, 2.75) is 0 Å². The van der Waals surface area contributed by atoms with Gasteiger partial charge in [0.15, 0.2) is 0 Å². The number of amides is 1. The minimum absolute atomic E-state index is 0.307. The number of rotatable bonds is 5. The highest BCUT2D eigenvalue weighted by molar-refractivity contribution is 9.10. The lowest BCUT2D eigenvalue weighted by Crippen LogP contribution is -2.17. The molecule has 0 unspecified atom stereocenters. The van der Waals surface area contributed by atoms with Gasteiger partial charge >= 0.3 is 0 Å². The average Bonchev–Trinajstić information content (AvgIpc) is 3.23. The van der Waals surface area contributed by atoms with Crippen LogP contribution in [0.15, 0.2) is 76.3 Å². The summed E-state index contributed by atoms with van der Waals surface area (Å²) in [5.74, 6) is 0.309. The summed E-state index contributed by atoms with van der Waals surface area (Å²) in [5, 5.41) is 13.2. The molecule has 0 fully saturated rings. The van der Waals surface area contributed by atoms with Gasteiger partial charge in [-0.25, -0.2) is 5.43 Å². The van der Waals surface area contributed by atoms with Gasteiger partial charge in [0, 0.05) is 4.47 Å². The third-order valence-corrected chi connectivity index (χ3v) is 4.91. The smallest absolute Gasteiger partial charge is 0.289 e. The first kappa shape index (κ1) is 18.9. The van der Waals surface area contributed by atoms with Gasteiger partial charge in [0.05, 0.1) is 24.6 Å². The Morgan fingerprint density at radius 3 is 2.83 bits per heavy atom. The fraction of sp³-hybridized carbons (Fsp3) is 0.0455. The van der Waals surface area contributed by atoms with Crippen molar-refractivity contribution in [3.8, 4) is 17.0 Å². The molecule has 1 amide bonds. The molecular formula is C22H17BrN4O2. The zero-order valence-corrected chi connectivity index (χ0v) is 17.1. The van der Waals surface area contributed by atoms with Crippen LogP contribution in [0.2, 0.25) is 0 Å². The molecule has 3 aromatic carbocycles. The van der Waals surface area contributed by atoms with Crippen molar-refractivity contribution in [2.24, 2.45) is 5.10 Å². The first-order valence-corrected chi connectivity index (χ1v) is 9.65. The second-order valence-electron chi connectivity index (χ2n) is 6.28. The Morgan fingerprint density at radius 2 is 2.00 bits per heavy atom. The van der Waals surface area contributed by atoms with Gasteiger partial charge in [0.1, 0.15) is 11.4 Å². The Balaban J connectivity index is 1.59. The number of aromatic nitrogens is 2. The first-order valence-electron chi connectivity index (χ1n) is 8.86. The molecule has 1 heterocycles. The molecule has 0 atom stereocenters. The van der Waals surface area contributed by atoms with Crippen LogP contribution in [0.5, 0.6) is 5.75 Å². The lowest BCUT2D eigenvalue weighted by molar-refractivity contribution is 0.0950. The molecule has 6 nitrogen and oxygen atoms in total. The van der Waals surface area contributed by atoms with Gasteiger partial charge in [-0.2, -0.15) is 10.2 Å². The number of hydrogen-bond donors (Lipinski definition) is 2. The summed E-state index contributed by atoms with van der Waals surface area (Å²) in [6.07, 6.45) is 1.58. The van der Waals surface area contributed by atoms with Crippen LogP contribution in [-0.4, -0.2) is 29.4 Å². The van der Waals surface area contributed by atoms with Crippen molar-refractivity contribution in [2.75, 3.05) is 7.11 Å². The zero-order chi connectivity index (χ0) is 20.2. The van der Waals surface area contributed by atoms with Crippen molar-refractivity contribution in [1.29, 1.82) is 0 Å². The first-order chi connectivity index (χ1) is 14.2. The predicted molar refractivity (Wildman–Crippen MR) is 117 cm³/mol. The highest BCUT2D eigenvalue weighted by Crippen LogP contribution is 2.36. The maximum atomic E-state index is 12.4. The van der Waals surface area contributed by atoms with Gasteiger partial charge in [0.2, 0.25) is 0 Å². The quantitative estimate of drug-likeness (QED) is 0.341. The van der Waals surface area contributed by atoms with E-state index in [2.05, 4.69) is 36.7 Å². The summed E-state index contributed by atoms with van der Waals surface area (Å²) in [4.78, 5) is 12.4. The van der Waals surface area contributed by atoms with E-state index in [-0.39, 0.29) is 5.91 Å². The minimum atomic E-state index is -0.380. The number of halogens is 1. The molecule has 4 aromatic rings. The Morgan fingerprint density at radius 1 is 1.14 bits per heavy atom. The second kappa shape index (κ2) is 8.28. The van der Waals surface area contributed by atoms with Crippen LogP contribution >= 0.6 is 15.9 Å². The molecule has 1 aromatic heterocycles. The number of ether oxygens (including phenoxy) is 1. The normalized spacial score (nSPS) is 11.1. The number of benzene rings is 3. The van der Waals surface area contributed by atoms with Gasteiger partial charge in [0.25, 0.3) is 5.91 Å². The zero-order valence-electron chi connectivity index (χ0n) is 15.5. The monoisotopic (exact) mass is 448 g/mol. The van der Waals surface area contributed by atoms with Crippen molar-refractivity contribution in [3.05, 3.63) is 82.5 Å². The molecule has 0 aliphatic carbocycles. The van der Waals surface area contributed by atoms with Gasteiger partial charge < -0.3 is 4.74 Å². The number of nitrogens with one attached hydrogen (secondary N) is 2. The second-order valence-corrected chi connectivity index (χ2v) is 7.20. The summed E-state index contributed by atoms with van der Waals surface area (Å²) < 4.78 is 6.46. The van der Waals surface area contributed by atoms with E-state index in [1.165, 1.54) is 0 Å². The van der Waals surface area contributed by atoms with Crippen molar-refractivity contribution in [1.82, 2.24) is 15.6 Å². The highest BCUT2D eigenvalue weighted by Gasteiger charge is 2.16. The number of hydrogen-bond acceptors (Lipinski definition) is 4. The molecule has 7 heteroatoms. The maximum Gasteiger partial charge on any atom is 0.289 e. The Labute approximate surface area is 175 Å². The third-order valence-electron chi connectivity index (χ3n) is 4.42. The van der Waals surface area contributed by atoms with E-state index >= 15 is 0 Å². The van der Waals surface area contributed by atoms with Crippen molar-refractivity contribution in [3.63, 3.8) is 0 Å². The van der Waals surface area contributed by atoms with Crippen LogP contribution in [0.3, 0.4) is 0 Å². The predicted octanol–water partition coefficient (Wildman–Crippen LogP) is 4.76. The molecule has 0 aliphatic rings. The Hall–Kier alpha value is -3.45. The van der Waals surface area contributed by atoms with Gasteiger partial charge in [-0.3, -0.25) is 9.89 Å². The summed E-state index contributed by atoms with van der Waals surface area (Å²) >= 11 is 3.40. The number of nitrogens with zero attached hydrogens (tertiary/aromatic N) is 2. The number of fused-ring (bicyclic) bond motifs is 1. The van der Waals surface area contributed by atoms with E-state index in [1.807, 2.05) is 60.7 Å². The summed E-state index contributed by atoms with van der Waals surface area (Å²) in [6.45, 7) is 0. The lowest BCUT2D eigenvalue weighted by atomic mass is 10.0. The van der Waals surface area contributed by atoms with E-state index < -0.39 is 0 Å². The van der Waals surface area contributed by atoms with E-state index in [4.69, 9.17) is 4.74 Å². The summed E-state index contributed by atoms with van der Waals surface area (Å²) in [6, 6.07) is 21.2. The molecule has 4 rings (SSSR count). The third kappa shape index (κ3) is 4.05. The standard InChI is InChI=1S/C22H17BrN4O2/c1-29-20-10-9-15-6-2-3-8-17(15)21(20)18-12-19(26-25-18)22(28)27-24-13-14-5-4-7-16(23)11-14/h2-13H,1H3,(H,25,26)(H,27,28)/b24-13-. The van der Waals surface area contributed by atoms with Crippen LogP contribution in [0.25, 0.3) is 22.0 Å². The fourth-order valence-corrected chi connectivity index (χ4v) is 3.48. The number of carbonyl (C=O) groups excluding carboxylic acids is 1. The summed E-state index contributed by atoms with van der Waals surface area (Å²) in [5.41, 5.74) is 5.14. The molecule has 29 heavy (non-hydrogen) atoms. The molecular weight excluding hydrogens is 432 g/mol.